The van der Waals surface area contributed by atoms with Crippen LogP contribution < -0.4 is 10.6 Å². The van der Waals surface area contributed by atoms with Crippen LogP contribution in [-0.2, 0) is 9.63 Å². The van der Waals surface area contributed by atoms with Gasteiger partial charge in [0, 0.05) is 19.5 Å². The largest absolute Gasteiger partial charge is 0.399 e. The van der Waals surface area contributed by atoms with Gasteiger partial charge in [0.05, 0.1) is 17.9 Å². The lowest BCUT2D eigenvalue weighted by Crippen LogP contribution is -2.41. The van der Waals surface area contributed by atoms with Crippen molar-refractivity contribution in [3.8, 4) is 0 Å². The maximum Gasteiger partial charge on any atom is 0.237 e. The van der Waals surface area contributed by atoms with Gasteiger partial charge in [-0.1, -0.05) is 35.5 Å². The molecule has 2 unspecified atom stereocenters. The first kappa shape index (κ1) is 14.5. The predicted molar refractivity (Wildman–Crippen MR) is 75.3 cm³/mol. The van der Waals surface area contributed by atoms with Crippen molar-refractivity contribution in [3.63, 3.8) is 0 Å². The summed E-state index contributed by atoms with van der Waals surface area (Å²) >= 11 is 0. The second-order valence-corrected chi connectivity index (χ2v) is 4.65. The molecule has 0 radical (unpaired) electrons. The zero-order valence-electron chi connectivity index (χ0n) is 11.4. The SMILES string of the molecule is CO/N=C1/CNC(C(=O)NCC(O)c2ccccc2)C1. The fraction of sp³-hybridized carbons (Fsp3) is 0.429. The summed E-state index contributed by atoms with van der Waals surface area (Å²) in [7, 11) is 1.48. The molecule has 0 bridgehead atoms. The lowest BCUT2D eigenvalue weighted by atomic mass is 10.1. The van der Waals surface area contributed by atoms with Crippen LogP contribution in [0.3, 0.4) is 0 Å². The van der Waals surface area contributed by atoms with Crippen LogP contribution in [0.25, 0.3) is 0 Å². The number of rotatable bonds is 5. The van der Waals surface area contributed by atoms with Gasteiger partial charge in [-0.05, 0) is 5.56 Å². The van der Waals surface area contributed by atoms with Gasteiger partial charge in [0.1, 0.15) is 7.11 Å². The van der Waals surface area contributed by atoms with Gasteiger partial charge in [-0.2, -0.15) is 0 Å². The van der Waals surface area contributed by atoms with Crippen LogP contribution in [0.15, 0.2) is 35.5 Å². The fourth-order valence-corrected chi connectivity index (χ4v) is 2.12. The van der Waals surface area contributed by atoms with E-state index in [1.807, 2.05) is 30.3 Å². The van der Waals surface area contributed by atoms with E-state index in [0.717, 1.165) is 11.3 Å². The normalized spacial score (nSPS) is 21.7. The molecule has 0 spiro atoms. The highest BCUT2D eigenvalue weighted by atomic mass is 16.6. The molecule has 0 saturated carbocycles. The number of oxime groups is 1. The van der Waals surface area contributed by atoms with Crippen molar-refractivity contribution in [3.05, 3.63) is 35.9 Å². The molecular formula is C14H19N3O3. The lowest BCUT2D eigenvalue weighted by Gasteiger charge is -2.14. The third kappa shape index (κ3) is 3.79. The van der Waals surface area contributed by atoms with Crippen molar-refractivity contribution in [2.45, 2.75) is 18.6 Å². The van der Waals surface area contributed by atoms with Crippen LogP contribution in [0.2, 0.25) is 0 Å². The Balaban J connectivity index is 1.80. The predicted octanol–water partition coefficient (Wildman–Crippen LogP) is 0.201. The van der Waals surface area contributed by atoms with Crippen LogP contribution in [0.4, 0.5) is 0 Å². The summed E-state index contributed by atoms with van der Waals surface area (Å²) in [6.45, 7) is 0.741. The van der Waals surface area contributed by atoms with Crippen molar-refractivity contribution < 1.29 is 14.7 Å². The minimum Gasteiger partial charge on any atom is -0.399 e. The Kier molecular flexibility index (Phi) is 5.09. The molecule has 1 saturated heterocycles. The summed E-state index contributed by atoms with van der Waals surface area (Å²) in [5, 5.41) is 19.6. The van der Waals surface area contributed by atoms with Crippen LogP contribution in [0.1, 0.15) is 18.1 Å². The molecule has 1 aromatic rings. The second-order valence-electron chi connectivity index (χ2n) is 4.65. The molecule has 6 heteroatoms. The van der Waals surface area contributed by atoms with Gasteiger partial charge < -0.3 is 20.6 Å². The minimum absolute atomic E-state index is 0.138. The van der Waals surface area contributed by atoms with E-state index in [0.29, 0.717) is 13.0 Å². The zero-order valence-corrected chi connectivity index (χ0v) is 11.4. The van der Waals surface area contributed by atoms with E-state index in [4.69, 9.17) is 0 Å². The van der Waals surface area contributed by atoms with Crippen LogP contribution >= 0.6 is 0 Å². The van der Waals surface area contributed by atoms with Crippen molar-refractivity contribution in [1.29, 1.82) is 0 Å². The molecule has 2 atom stereocenters. The van der Waals surface area contributed by atoms with Crippen molar-refractivity contribution in [2.24, 2.45) is 5.16 Å². The van der Waals surface area contributed by atoms with Gasteiger partial charge >= 0.3 is 0 Å². The maximum atomic E-state index is 12.0. The van der Waals surface area contributed by atoms with Gasteiger partial charge in [-0.15, -0.1) is 0 Å². The van der Waals surface area contributed by atoms with E-state index in [1.165, 1.54) is 7.11 Å². The van der Waals surface area contributed by atoms with Gasteiger partial charge in [-0.25, -0.2) is 0 Å². The third-order valence-corrected chi connectivity index (χ3v) is 3.18. The molecule has 20 heavy (non-hydrogen) atoms. The Morgan fingerprint density at radius 2 is 2.30 bits per heavy atom. The number of aliphatic hydroxyl groups excluding tert-OH is 1. The summed E-state index contributed by atoms with van der Waals surface area (Å²) in [5.74, 6) is -0.138. The third-order valence-electron chi connectivity index (χ3n) is 3.18. The fourth-order valence-electron chi connectivity index (χ4n) is 2.12. The molecule has 1 heterocycles. The molecule has 1 aromatic carbocycles. The number of nitrogens with zero attached hydrogens (tertiary/aromatic N) is 1. The van der Waals surface area contributed by atoms with Crippen LogP contribution in [-0.4, -0.2) is 43.0 Å². The quantitative estimate of drug-likeness (QED) is 0.671. The second kappa shape index (κ2) is 7.02. The first-order chi connectivity index (χ1) is 9.70. The Bertz CT molecular complexity index is 476. The van der Waals surface area contributed by atoms with Gasteiger partial charge in [-0.3, -0.25) is 4.79 Å². The standard InChI is InChI=1S/C14H19N3O3/c1-20-17-11-7-12(15-8-11)14(19)16-9-13(18)10-5-3-2-4-6-10/h2-6,12-13,15,18H,7-9H2,1H3,(H,16,19)/b17-11+. The summed E-state index contributed by atoms with van der Waals surface area (Å²) in [6, 6.07) is 8.93. The molecule has 3 N–H and O–H groups in total. The Hall–Kier alpha value is -1.92. The smallest absolute Gasteiger partial charge is 0.237 e. The molecule has 1 amide bonds. The molecule has 1 fully saturated rings. The summed E-state index contributed by atoms with van der Waals surface area (Å²) in [5.41, 5.74) is 1.60. The maximum absolute atomic E-state index is 12.0. The molecule has 2 rings (SSSR count). The summed E-state index contributed by atoms with van der Waals surface area (Å²) < 4.78 is 0. The van der Waals surface area contributed by atoms with Gasteiger partial charge in [0.25, 0.3) is 0 Å². The van der Waals surface area contributed by atoms with Crippen molar-refractivity contribution in [2.75, 3.05) is 20.2 Å². The minimum atomic E-state index is -0.700. The Labute approximate surface area is 117 Å². The molecule has 0 aromatic heterocycles. The zero-order chi connectivity index (χ0) is 14.4. The number of benzene rings is 1. The highest BCUT2D eigenvalue weighted by Gasteiger charge is 2.27. The summed E-state index contributed by atoms with van der Waals surface area (Å²) in [4.78, 5) is 16.6. The molecule has 1 aliphatic heterocycles. The average Bonchev–Trinajstić information content (AvgIpc) is 2.94. The number of carbonyl (C=O) groups excluding carboxylic acids is 1. The Morgan fingerprint density at radius 3 is 3.00 bits per heavy atom. The van der Waals surface area contributed by atoms with Gasteiger partial charge in [0.2, 0.25) is 5.91 Å². The molecule has 108 valence electrons. The topological polar surface area (TPSA) is 83.0 Å². The van der Waals surface area contributed by atoms with Crippen LogP contribution in [0.5, 0.6) is 0 Å². The van der Waals surface area contributed by atoms with Crippen LogP contribution in [0, 0.1) is 0 Å². The van der Waals surface area contributed by atoms with E-state index in [-0.39, 0.29) is 18.5 Å². The Morgan fingerprint density at radius 1 is 1.55 bits per heavy atom. The van der Waals surface area contributed by atoms with Gasteiger partial charge in [0.15, 0.2) is 0 Å². The van der Waals surface area contributed by atoms with E-state index in [1.54, 1.807) is 0 Å². The highest BCUT2D eigenvalue weighted by molar-refractivity contribution is 5.96. The first-order valence-electron chi connectivity index (χ1n) is 6.53. The molecule has 6 nitrogen and oxygen atoms in total. The van der Waals surface area contributed by atoms with E-state index in [9.17, 15) is 9.90 Å². The highest BCUT2D eigenvalue weighted by Crippen LogP contribution is 2.11. The van der Waals surface area contributed by atoms with E-state index < -0.39 is 6.10 Å². The van der Waals surface area contributed by atoms with Crippen molar-refractivity contribution >= 4 is 11.6 Å². The molecule has 1 aliphatic rings. The number of hydrogen-bond donors (Lipinski definition) is 3. The van der Waals surface area contributed by atoms with E-state index >= 15 is 0 Å². The number of hydrogen-bond acceptors (Lipinski definition) is 5. The average molecular weight is 277 g/mol. The first-order valence-corrected chi connectivity index (χ1v) is 6.53. The number of aliphatic hydroxyl groups is 1. The monoisotopic (exact) mass is 277 g/mol. The number of carbonyl (C=O) groups is 1. The van der Waals surface area contributed by atoms with E-state index in [2.05, 4.69) is 20.6 Å². The number of amides is 1. The molecular weight excluding hydrogens is 258 g/mol. The van der Waals surface area contributed by atoms with Crippen molar-refractivity contribution in [1.82, 2.24) is 10.6 Å². The molecule has 0 aliphatic carbocycles. The summed E-state index contributed by atoms with van der Waals surface area (Å²) in [6.07, 6.45) is -0.171. The number of nitrogens with one attached hydrogen (secondary N) is 2. The lowest BCUT2D eigenvalue weighted by molar-refractivity contribution is -0.123.